The van der Waals surface area contributed by atoms with Crippen molar-refractivity contribution in [3.63, 3.8) is 0 Å². The molecule has 9 nitrogen and oxygen atoms in total. The normalized spacial score (nSPS) is 16.5. The molecule has 0 N–H and O–H groups in total. The highest BCUT2D eigenvalue weighted by Gasteiger charge is 2.32. The fourth-order valence-corrected chi connectivity index (χ4v) is 3.44. The summed E-state index contributed by atoms with van der Waals surface area (Å²) in [4.78, 5) is 23.2. The first kappa shape index (κ1) is 15.6. The molecule has 5 rings (SSSR count). The van der Waals surface area contributed by atoms with Crippen LogP contribution in [0.15, 0.2) is 47.2 Å². The molecule has 1 amide bonds. The summed E-state index contributed by atoms with van der Waals surface area (Å²) < 4.78 is 7.31. The van der Waals surface area contributed by atoms with Crippen LogP contribution in [0.5, 0.6) is 0 Å². The molecule has 5 heterocycles. The summed E-state index contributed by atoms with van der Waals surface area (Å²) in [6.07, 6.45) is 3.34. The molecule has 1 aliphatic rings. The van der Waals surface area contributed by atoms with Crippen molar-refractivity contribution in [1.29, 1.82) is 0 Å². The van der Waals surface area contributed by atoms with Crippen LogP contribution in [-0.2, 0) is 6.54 Å². The van der Waals surface area contributed by atoms with Gasteiger partial charge in [0.2, 0.25) is 11.4 Å². The molecule has 4 aromatic rings. The van der Waals surface area contributed by atoms with Crippen LogP contribution in [0.1, 0.15) is 29.3 Å². The third-order valence-corrected chi connectivity index (χ3v) is 4.65. The molecule has 0 bridgehead atoms. The van der Waals surface area contributed by atoms with Crippen molar-refractivity contribution in [1.82, 2.24) is 34.8 Å². The van der Waals surface area contributed by atoms with Crippen molar-refractivity contribution in [2.75, 3.05) is 6.54 Å². The van der Waals surface area contributed by atoms with Gasteiger partial charge in [0.15, 0.2) is 11.6 Å². The van der Waals surface area contributed by atoms with Gasteiger partial charge in [-0.2, -0.15) is 0 Å². The molecule has 0 saturated carbocycles. The highest BCUT2D eigenvalue weighted by molar-refractivity contribution is 6.02. The maximum atomic E-state index is 13.0. The SMILES string of the molecule is C[C@H]1CN(C(=O)c2onc3ncccc23)Cc2nnc(-c3ccccn3)n21. The van der Waals surface area contributed by atoms with Crippen LogP contribution >= 0.6 is 0 Å². The van der Waals surface area contributed by atoms with Gasteiger partial charge in [-0.05, 0) is 31.2 Å². The zero-order valence-corrected chi connectivity index (χ0v) is 14.5. The summed E-state index contributed by atoms with van der Waals surface area (Å²) in [7, 11) is 0. The zero-order chi connectivity index (χ0) is 18.4. The van der Waals surface area contributed by atoms with E-state index in [0.717, 1.165) is 5.69 Å². The van der Waals surface area contributed by atoms with Crippen LogP contribution in [-0.4, -0.2) is 47.2 Å². The van der Waals surface area contributed by atoms with Crippen LogP contribution in [0.4, 0.5) is 0 Å². The van der Waals surface area contributed by atoms with Crippen molar-refractivity contribution in [3.05, 3.63) is 54.3 Å². The molecular weight excluding hydrogens is 346 g/mol. The minimum Gasteiger partial charge on any atom is -0.348 e. The molecule has 0 saturated heterocycles. The molecule has 134 valence electrons. The summed E-state index contributed by atoms with van der Waals surface area (Å²) in [5, 5.41) is 13.0. The number of nitrogens with zero attached hydrogens (tertiary/aromatic N) is 7. The Balaban J connectivity index is 1.49. The molecule has 0 spiro atoms. The van der Waals surface area contributed by atoms with Crippen molar-refractivity contribution in [3.8, 4) is 11.5 Å². The van der Waals surface area contributed by atoms with Gasteiger partial charge in [0.05, 0.1) is 18.0 Å². The molecule has 1 aliphatic heterocycles. The van der Waals surface area contributed by atoms with Gasteiger partial charge < -0.3 is 14.0 Å². The maximum absolute atomic E-state index is 13.0. The minimum atomic E-state index is -0.231. The average molecular weight is 361 g/mol. The van der Waals surface area contributed by atoms with E-state index in [-0.39, 0.29) is 17.7 Å². The summed E-state index contributed by atoms with van der Waals surface area (Å²) in [5.74, 6) is 1.39. The first-order valence-corrected chi connectivity index (χ1v) is 8.57. The van der Waals surface area contributed by atoms with Gasteiger partial charge in [0, 0.05) is 18.9 Å². The van der Waals surface area contributed by atoms with Crippen LogP contribution < -0.4 is 0 Å². The lowest BCUT2D eigenvalue weighted by atomic mass is 10.2. The van der Waals surface area contributed by atoms with Gasteiger partial charge in [0.1, 0.15) is 5.69 Å². The number of hydrogen-bond donors (Lipinski definition) is 0. The van der Waals surface area contributed by atoms with Gasteiger partial charge >= 0.3 is 0 Å². The Bertz CT molecular complexity index is 1140. The van der Waals surface area contributed by atoms with Gasteiger partial charge in [-0.3, -0.25) is 9.78 Å². The molecule has 27 heavy (non-hydrogen) atoms. The fraction of sp³-hybridized carbons (Fsp3) is 0.222. The Hall–Kier alpha value is -3.62. The lowest BCUT2D eigenvalue weighted by molar-refractivity contribution is 0.0643. The second kappa shape index (κ2) is 5.97. The van der Waals surface area contributed by atoms with Crippen molar-refractivity contribution >= 4 is 16.9 Å². The summed E-state index contributed by atoms with van der Waals surface area (Å²) in [5.41, 5.74) is 1.18. The highest BCUT2D eigenvalue weighted by atomic mass is 16.5. The predicted molar refractivity (Wildman–Crippen MR) is 94.5 cm³/mol. The second-order valence-electron chi connectivity index (χ2n) is 6.45. The lowest BCUT2D eigenvalue weighted by Gasteiger charge is -2.31. The number of carbonyl (C=O) groups excluding carboxylic acids is 1. The molecule has 4 aromatic heterocycles. The molecule has 0 fully saturated rings. The highest BCUT2D eigenvalue weighted by Crippen LogP contribution is 2.28. The molecule has 0 aromatic carbocycles. The van der Waals surface area contributed by atoms with Crippen LogP contribution in [0.3, 0.4) is 0 Å². The van der Waals surface area contributed by atoms with E-state index in [1.54, 1.807) is 29.4 Å². The first-order valence-electron chi connectivity index (χ1n) is 8.57. The monoisotopic (exact) mass is 361 g/mol. The number of rotatable bonds is 2. The van der Waals surface area contributed by atoms with E-state index in [4.69, 9.17) is 4.52 Å². The minimum absolute atomic E-state index is 0.00276. The number of carbonyl (C=O) groups is 1. The third kappa shape index (κ3) is 2.47. The van der Waals surface area contributed by atoms with E-state index in [1.807, 2.05) is 29.7 Å². The standard InChI is InChI=1S/C18H15N7O2/c1-11-9-24(18(26)15-12-5-4-8-20-16(12)23-27-15)10-14-21-22-17(25(11)14)13-6-2-3-7-19-13/h2-8,11H,9-10H2,1H3/t11-/m0/s1. The van der Waals surface area contributed by atoms with Gasteiger partial charge in [-0.15, -0.1) is 10.2 Å². The molecule has 0 radical (unpaired) electrons. The Morgan fingerprint density at radius 1 is 1.15 bits per heavy atom. The fourth-order valence-electron chi connectivity index (χ4n) is 3.44. The number of amides is 1. The Morgan fingerprint density at radius 3 is 2.89 bits per heavy atom. The number of pyridine rings is 2. The Morgan fingerprint density at radius 2 is 2.04 bits per heavy atom. The largest absolute Gasteiger partial charge is 0.348 e. The van der Waals surface area contributed by atoms with Crippen LogP contribution in [0.25, 0.3) is 22.6 Å². The van der Waals surface area contributed by atoms with E-state index in [9.17, 15) is 4.79 Å². The number of aromatic nitrogens is 6. The van der Waals surface area contributed by atoms with Crippen LogP contribution in [0, 0.1) is 0 Å². The molecule has 9 heteroatoms. The second-order valence-corrected chi connectivity index (χ2v) is 6.45. The zero-order valence-electron chi connectivity index (χ0n) is 14.5. The summed E-state index contributed by atoms with van der Waals surface area (Å²) in [6.45, 7) is 2.87. The molecule has 1 atom stereocenters. The lowest BCUT2D eigenvalue weighted by Crippen LogP contribution is -2.40. The van der Waals surface area contributed by atoms with Gasteiger partial charge in [-0.1, -0.05) is 11.2 Å². The topological polar surface area (TPSA) is 103 Å². The van der Waals surface area contributed by atoms with E-state index >= 15 is 0 Å². The van der Waals surface area contributed by atoms with Gasteiger partial charge in [-0.25, -0.2) is 4.98 Å². The van der Waals surface area contributed by atoms with Crippen LogP contribution in [0.2, 0.25) is 0 Å². The van der Waals surface area contributed by atoms with E-state index in [2.05, 4.69) is 25.3 Å². The summed E-state index contributed by atoms with van der Waals surface area (Å²) in [6, 6.07) is 9.20. The van der Waals surface area contributed by atoms with E-state index < -0.39 is 0 Å². The summed E-state index contributed by atoms with van der Waals surface area (Å²) >= 11 is 0. The van der Waals surface area contributed by atoms with Crippen molar-refractivity contribution in [2.24, 2.45) is 0 Å². The van der Waals surface area contributed by atoms with E-state index in [0.29, 0.717) is 35.8 Å². The first-order chi connectivity index (χ1) is 13.2. The molecular formula is C18H15N7O2. The quantitative estimate of drug-likeness (QED) is 0.538. The van der Waals surface area contributed by atoms with Crippen molar-refractivity contribution < 1.29 is 9.32 Å². The van der Waals surface area contributed by atoms with Gasteiger partial charge in [0.25, 0.3) is 5.91 Å². The van der Waals surface area contributed by atoms with E-state index in [1.165, 1.54) is 0 Å². The predicted octanol–water partition coefficient (Wildman–Crippen LogP) is 2.09. The Kier molecular flexibility index (Phi) is 3.46. The van der Waals surface area contributed by atoms with Crippen molar-refractivity contribution in [2.45, 2.75) is 19.5 Å². The number of fused-ring (bicyclic) bond motifs is 2. The maximum Gasteiger partial charge on any atom is 0.293 e. The molecule has 0 aliphatic carbocycles. The average Bonchev–Trinajstić information content (AvgIpc) is 3.33. The number of hydrogen-bond acceptors (Lipinski definition) is 7. The Labute approximate surface area is 153 Å². The molecule has 0 unspecified atom stereocenters. The third-order valence-electron chi connectivity index (χ3n) is 4.65. The smallest absolute Gasteiger partial charge is 0.293 e.